The van der Waals surface area contributed by atoms with Gasteiger partial charge in [-0.1, -0.05) is 6.85 Å². The molecule has 0 atom stereocenters. The smallest absolute Gasteiger partial charge is 0.251 e. The maximum atomic E-state index is 11.1. The molecule has 0 bridgehead atoms. The molecule has 0 fully saturated rings. The van der Waals surface area contributed by atoms with Crippen molar-refractivity contribution in [1.82, 2.24) is 4.98 Å². The third-order valence-electron chi connectivity index (χ3n) is 1.29. The summed E-state index contributed by atoms with van der Waals surface area (Å²) in [6.45, 7) is -2.59. The van der Waals surface area contributed by atoms with Crippen LogP contribution in [-0.2, 0) is 0 Å². The van der Waals surface area contributed by atoms with Gasteiger partial charge in [-0.15, -0.1) is 0 Å². The van der Waals surface area contributed by atoms with E-state index >= 15 is 0 Å². The number of amides is 1. The van der Waals surface area contributed by atoms with Gasteiger partial charge in [-0.2, -0.15) is 0 Å². The number of halogens is 1. The van der Waals surface area contributed by atoms with Crippen molar-refractivity contribution in [3.63, 3.8) is 0 Å². The SMILES string of the molecule is [2H][C](c1ccnc(Br)c1C(N)=O)C([2H])([2H])[2H]. The van der Waals surface area contributed by atoms with E-state index in [1.165, 1.54) is 12.3 Å². The number of rotatable bonds is 2. The molecule has 1 amide bonds. The summed E-state index contributed by atoms with van der Waals surface area (Å²) in [6, 6.07) is 1.28. The molecule has 0 aliphatic rings. The molecule has 63 valence electrons. The third-order valence-corrected chi connectivity index (χ3v) is 1.89. The van der Waals surface area contributed by atoms with Crippen molar-refractivity contribution < 1.29 is 10.3 Å². The van der Waals surface area contributed by atoms with Gasteiger partial charge in [0.15, 0.2) is 0 Å². The number of primary amides is 1. The molecule has 1 heterocycles. The Labute approximate surface area is 84.7 Å². The van der Waals surface area contributed by atoms with Gasteiger partial charge in [0, 0.05) is 11.7 Å². The minimum atomic E-state index is -2.59. The second-order valence-electron chi connectivity index (χ2n) is 2.01. The normalized spacial score (nSPS) is 16.2. The molecular weight excluding hydrogens is 220 g/mol. The summed E-state index contributed by atoms with van der Waals surface area (Å²) >= 11 is 2.99. The molecule has 0 saturated heterocycles. The molecule has 0 aromatic carbocycles. The molecule has 0 aliphatic carbocycles. The summed E-state index contributed by atoms with van der Waals surface area (Å²) in [5, 5.41) is 0. The second-order valence-corrected chi connectivity index (χ2v) is 2.76. The highest BCUT2D eigenvalue weighted by molar-refractivity contribution is 9.10. The Bertz CT molecular complexity index is 421. The average Bonchev–Trinajstić information content (AvgIpc) is 2.14. The molecule has 1 aromatic rings. The minimum absolute atomic E-state index is 0.0330. The Hall–Kier alpha value is -0.900. The van der Waals surface area contributed by atoms with Gasteiger partial charge in [-0.3, -0.25) is 4.79 Å². The van der Waals surface area contributed by atoms with Crippen LogP contribution in [0.1, 0.15) is 28.3 Å². The van der Waals surface area contributed by atoms with E-state index in [1.807, 2.05) is 0 Å². The van der Waals surface area contributed by atoms with E-state index in [4.69, 9.17) is 11.2 Å². The van der Waals surface area contributed by atoms with Crippen molar-refractivity contribution in [3.8, 4) is 0 Å². The van der Waals surface area contributed by atoms with Gasteiger partial charge in [-0.05, 0) is 34.0 Å². The summed E-state index contributed by atoms with van der Waals surface area (Å²) in [5.74, 6) is -0.830. The zero-order chi connectivity index (χ0) is 12.5. The molecule has 0 spiro atoms. The molecule has 0 unspecified atom stereocenters. The van der Waals surface area contributed by atoms with Crippen molar-refractivity contribution in [1.29, 1.82) is 0 Å². The van der Waals surface area contributed by atoms with E-state index in [-0.39, 0.29) is 15.7 Å². The summed E-state index contributed by atoms with van der Waals surface area (Å²) in [5.41, 5.74) is 4.98. The maximum Gasteiger partial charge on any atom is 0.251 e. The Morgan fingerprint density at radius 1 is 2.00 bits per heavy atom. The van der Waals surface area contributed by atoms with Crippen LogP contribution < -0.4 is 5.73 Å². The van der Waals surface area contributed by atoms with E-state index in [0.717, 1.165) is 0 Å². The number of aromatic nitrogens is 1. The van der Waals surface area contributed by atoms with Crippen molar-refractivity contribution in [2.45, 2.75) is 6.85 Å². The first kappa shape index (κ1) is 4.97. The molecule has 4 heteroatoms. The Morgan fingerprint density at radius 3 is 3.33 bits per heavy atom. The number of hydrogen-bond donors (Lipinski definition) is 1. The maximum absolute atomic E-state index is 11.1. The third kappa shape index (κ3) is 1.64. The highest BCUT2D eigenvalue weighted by Crippen LogP contribution is 2.18. The fraction of sp³-hybridized carbons (Fsp3) is 0.125. The van der Waals surface area contributed by atoms with E-state index in [9.17, 15) is 4.79 Å². The number of pyridine rings is 1. The monoisotopic (exact) mass is 231 g/mol. The average molecular weight is 232 g/mol. The van der Waals surface area contributed by atoms with Crippen LogP contribution in [0.5, 0.6) is 0 Å². The van der Waals surface area contributed by atoms with Gasteiger partial charge in [-0.25, -0.2) is 4.98 Å². The van der Waals surface area contributed by atoms with Gasteiger partial charge in [0.1, 0.15) is 4.60 Å². The van der Waals surface area contributed by atoms with Crippen LogP contribution in [0.3, 0.4) is 0 Å². The van der Waals surface area contributed by atoms with E-state index in [2.05, 4.69) is 20.9 Å². The summed E-state index contributed by atoms with van der Waals surface area (Å²) in [7, 11) is 0. The van der Waals surface area contributed by atoms with Crippen LogP contribution in [-0.4, -0.2) is 10.9 Å². The lowest BCUT2D eigenvalue weighted by Crippen LogP contribution is -2.14. The minimum Gasteiger partial charge on any atom is -0.366 e. The lowest BCUT2D eigenvalue weighted by atomic mass is 10.1. The molecule has 0 saturated carbocycles. The van der Waals surface area contributed by atoms with Crippen LogP contribution >= 0.6 is 15.9 Å². The zero-order valence-corrected chi connectivity index (χ0v) is 7.55. The molecule has 2 N–H and O–H groups in total. The number of carbonyl (C=O) groups excluding carboxylic acids is 1. The number of nitrogens with zero attached hydrogens (tertiary/aromatic N) is 1. The fourth-order valence-corrected chi connectivity index (χ4v) is 1.30. The van der Waals surface area contributed by atoms with Gasteiger partial charge in [0.05, 0.1) is 5.56 Å². The lowest BCUT2D eigenvalue weighted by molar-refractivity contribution is 0.0998. The number of hydrogen-bond acceptors (Lipinski definition) is 2. The fourth-order valence-electron chi connectivity index (χ4n) is 0.775. The summed E-state index contributed by atoms with van der Waals surface area (Å²) in [6.07, 6.45) is 0.663. The highest BCUT2D eigenvalue weighted by atomic mass is 79.9. The van der Waals surface area contributed by atoms with Crippen LogP contribution in [0, 0.1) is 6.40 Å². The summed E-state index contributed by atoms with van der Waals surface area (Å²) < 4.78 is 28.9. The second kappa shape index (κ2) is 3.67. The van der Waals surface area contributed by atoms with Crippen LogP contribution in [0.4, 0.5) is 0 Å². The van der Waals surface area contributed by atoms with Crippen molar-refractivity contribution >= 4 is 21.8 Å². The van der Waals surface area contributed by atoms with E-state index in [1.54, 1.807) is 0 Å². The van der Waals surface area contributed by atoms with Gasteiger partial charge < -0.3 is 5.73 Å². The predicted molar refractivity (Wildman–Crippen MR) is 49.5 cm³/mol. The van der Waals surface area contributed by atoms with Crippen LogP contribution in [0.25, 0.3) is 0 Å². The standard InChI is InChI=1S/C8H8BrN2O/c1-2-5-3-4-11-7(9)6(5)8(10)12/h2-4H,1H3,(H2,10,12)/i1D3,2D. The quantitative estimate of drug-likeness (QED) is 0.786. The van der Waals surface area contributed by atoms with Crippen molar-refractivity contribution in [2.75, 3.05) is 0 Å². The molecule has 0 aliphatic heterocycles. The topological polar surface area (TPSA) is 56.0 Å². The van der Waals surface area contributed by atoms with Crippen molar-refractivity contribution in [3.05, 3.63) is 34.4 Å². The van der Waals surface area contributed by atoms with E-state index in [0.29, 0.717) is 0 Å². The molecule has 1 aromatic heterocycles. The molecule has 1 radical (unpaired) electrons. The first-order valence-electron chi connectivity index (χ1n) is 5.04. The van der Waals surface area contributed by atoms with E-state index < -0.39 is 19.2 Å². The van der Waals surface area contributed by atoms with Gasteiger partial charge in [0.2, 0.25) is 0 Å². The first-order chi connectivity index (χ1) is 7.25. The van der Waals surface area contributed by atoms with Gasteiger partial charge >= 0.3 is 0 Å². The zero-order valence-electron chi connectivity index (χ0n) is 9.97. The van der Waals surface area contributed by atoms with Gasteiger partial charge in [0.25, 0.3) is 5.91 Å². The largest absolute Gasteiger partial charge is 0.366 e. The Morgan fingerprint density at radius 2 is 2.75 bits per heavy atom. The Kier molecular flexibility index (Phi) is 1.52. The highest BCUT2D eigenvalue weighted by Gasteiger charge is 2.11. The van der Waals surface area contributed by atoms with Crippen molar-refractivity contribution in [2.24, 2.45) is 5.73 Å². The lowest BCUT2D eigenvalue weighted by Gasteiger charge is -2.03. The van der Waals surface area contributed by atoms with Crippen LogP contribution in [0.15, 0.2) is 16.9 Å². The summed E-state index contributed by atoms with van der Waals surface area (Å²) in [4.78, 5) is 14.9. The molecule has 1 rings (SSSR count). The number of nitrogens with two attached hydrogens (primary N) is 1. The first-order valence-corrected chi connectivity index (χ1v) is 3.83. The Balaban J connectivity index is 3.34. The predicted octanol–water partition coefficient (Wildman–Crippen LogP) is 1.52. The number of carbonyl (C=O) groups is 1. The molecule has 12 heavy (non-hydrogen) atoms. The molecule has 3 nitrogen and oxygen atoms in total. The molecular formula is C8H8BrN2O. The van der Waals surface area contributed by atoms with Crippen LogP contribution in [0.2, 0.25) is 0 Å².